The van der Waals surface area contributed by atoms with Crippen molar-refractivity contribution in [2.24, 2.45) is 5.73 Å². The van der Waals surface area contributed by atoms with Crippen molar-refractivity contribution in [3.8, 4) is 5.75 Å². The first-order chi connectivity index (χ1) is 6.63. The molecule has 2 N–H and O–H groups in total. The van der Waals surface area contributed by atoms with E-state index in [1.807, 2.05) is 12.1 Å². The van der Waals surface area contributed by atoms with Crippen molar-refractivity contribution in [2.45, 2.75) is 19.8 Å². The van der Waals surface area contributed by atoms with Crippen molar-refractivity contribution in [1.29, 1.82) is 0 Å². The second kappa shape index (κ2) is 4.77. The summed E-state index contributed by atoms with van der Waals surface area (Å²) in [6.07, 6.45) is 0. The van der Waals surface area contributed by atoms with E-state index in [2.05, 4.69) is 6.92 Å². The van der Waals surface area contributed by atoms with Crippen molar-refractivity contribution in [3.05, 3.63) is 29.8 Å². The molecule has 0 aromatic heterocycles. The summed E-state index contributed by atoms with van der Waals surface area (Å²) in [7, 11) is 0. The molecule has 0 spiro atoms. The molecule has 0 radical (unpaired) electrons. The molecule has 1 aromatic carbocycles. The SMILES string of the molecule is CC(=O)Oc1ccc(C(C)CN)cc1. The van der Waals surface area contributed by atoms with Crippen LogP contribution in [0.15, 0.2) is 24.3 Å². The topological polar surface area (TPSA) is 52.3 Å². The maximum atomic E-state index is 10.6. The summed E-state index contributed by atoms with van der Waals surface area (Å²) in [5.74, 6) is 0.608. The van der Waals surface area contributed by atoms with Gasteiger partial charge in [-0.1, -0.05) is 19.1 Å². The first kappa shape index (κ1) is 10.7. The Morgan fingerprint density at radius 1 is 1.43 bits per heavy atom. The molecule has 1 atom stereocenters. The van der Waals surface area contributed by atoms with E-state index in [1.165, 1.54) is 6.92 Å². The quantitative estimate of drug-likeness (QED) is 0.587. The van der Waals surface area contributed by atoms with Crippen LogP contribution in [0.1, 0.15) is 25.3 Å². The summed E-state index contributed by atoms with van der Waals surface area (Å²) in [5.41, 5.74) is 6.69. The predicted molar refractivity (Wildman–Crippen MR) is 55.2 cm³/mol. The number of carbonyl (C=O) groups is 1. The van der Waals surface area contributed by atoms with Gasteiger partial charge in [-0.05, 0) is 30.2 Å². The molecule has 3 heteroatoms. The van der Waals surface area contributed by atoms with Crippen LogP contribution in [0.2, 0.25) is 0 Å². The predicted octanol–water partition coefficient (Wildman–Crippen LogP) is 1.67. The Bertz CT molecular complexity index is 306. The van der Waals surface area contributed by atoms with E-state index in [0.717, 1.165) is 5.56 Å². The van der Waals surface area contributed by atoms with Crippen molar-refractivity contribution in [1.82, 2.24) is 0 Å². The summed E-state index contributed by atoms with van der Waals surface area (Å²) in [5, 5.41) is 0. The number of benzene rings is 1. The van der Waals surface area contributed by atoms with Gasteiger partial charge in [-0.3, -0.25) is 4.79 Å². The van der Waals surface area contributed by atoms with Gasteiger partial charge < -0.3 is 10.5 Å². The molecule has 0 fully saturated rings. The molecule has 0 heterocycles. The van der Waals surface area contributed by atoms with Crippen LogP contribution in [-0.4, -0.2) is 12.5 Å². The summed E-state index contributed by atoms with van der Waals surface area (Å²) in [6, 6.07) is 7.41. The summed E-state index contributed by atoms with van der Waals surface area (Å²) in [6.45, 7) is 4.06. The monoisotopic (exact) mass is 193 g/mol. The smallest absolute Gasteiger partial charge is 0.308 e. The highest BCUT2D eigenvalue weighted by Gasteiger charge is 2.03. The Morgan fingerprint density at radius 3 is 2.43 bits per heavy atom. The van der Waals surface area contributed by atoms with Crippen molar-refractivity contribution in [2.75, 3.05) is 6.54 Å². The number of hydrogen-bond acceptors (Lipinski definition) is 3. The molecule has 1 rings (SSSR count). The van der Waals surface area contributed by atoms with E-state index in [4.69, 9.17) is 10.5 Å². The van der Waals surface area contributed by atoms with Crippen LogP contribution in [0.3, 0.4) is 0 Å². The van der Waals surface area contributed by atoms with Crippen molar-refractivity contribution >= 4 is 5.97 Å². The minimum absolute atomic E-state index is 0.301. The van der Waals surface area contributed by atoms with Gasteiger partial charge >= 0.3 is 5.97 Å². The average molecular weight is 193 g/mol. The van der Waals surface area contributed by atoms with E-state index < -0.39 is 0 Å². The lowest BCUT2D eigenvalue weighted by atomic mass is 10.0. The summed E-state index contributed by atoms with van der Waals surface area (Å²) >= 11 is 0. The molecule has 1 aromatic rings. The van der Waals surface area contributed by atoms with E-state index in [-0.39, 0.29) is 5.97 Å². The Kier molecular flexibility index (Phi) is 3.65. The van der Waals surface area contributed by atoms with E-state index in [1.54, 1.807) is 12.1 Å². The van der Waals surface area contributed by atoms with Gasteiger partial charge in [0.1, 0.15) is 5.75 Å². The lowest BCUT2D eigenvalue weighted by Crippen LogP contribution is -2.08. The number of rotatable bonds is 3. The molecule has 14 heavy (non-hydrogen) atoms. The second-order valence-corrected chi connectivity index (χ2v) is 3.30. The second-order valence-electron chi connectivity index (χ2n) is 3.30. The standard InChI is InChI=1S/C11H15NO2/c1-8(7-12)10-3-5-11(6-4-10)14-9(2)13/h3-6,8H,7,12H2,1-2H3. The van der Waals surface area contributed by atoms with Gasteiger partial charge in [-0.25, -0.2) is 0 Å². The lowest BCUT2D eigenvalue weighted by Gasteiger charge is -2.09. The Hall–Kier alpha value is -1.35. The first-order valence-electron chi connectivity index (χ1n) is 4.62. The zero-order chi connectivity index (χ0) is 10.6. The van der Waals surface area contributed by atoms with Crippen molar-refractivity contribution in [3.63, 3.8) is 0 Å². The Morgan fingerprint density at radius 2 is 2.00 bits per heavy atom. The number of ether oxygens (including phenoxy) is 1. The first-order valence-corrected chi connectivity index (χ1v) is 4.62. The molecule has 0 amide bonds. The highest BCUT2D eigenvalue weighted by Crippen LogP contribution is 2.18. The third-order valence-electron chi connectivity index (χ3n) is 2.06. The molecule has 1 unspecified atom stereocenters. The molecule has 3 nitrogen and oxygen atoms in total. The van der Waals surface area contributed by atoms with Crippen LogP contribution in [0.4, 0.5) is 0 Å². The van der Waals surface area contributed by atoms with E-state index in [9.17, 15) is 4.79 Å². The number of carbonyl (C=O) groups excluding carboxylic acids is 1. The maximum Gasteiger partial charge on any atom is 0.308 e. The van der Waals surface area contributed by atoms with E-state index in [0.29, 0.717) is 18.2 Å². The molecule has 0 aliphatic heterocycles. The van der Waals surface area contributed by atoms with Gasteiger partial charge in [-0.15, -0.1) is 0 Å². The van der Waals surface area contributed by atoms with Crippen molar-refractivity contribution < 1.29 is 9.53 Å². The van der Waals surface area contributed by atoms with Crippen LogP contribution in [0.25, 0.3) is 0 Å². The van der Waals surface area contributed by atoms with Gasteiger partial charge in [0.15, 0.2) is 0 Å². The van der Waals surface area contributed by atoms with Gasteiger partial charge in [0, 0.05) is 6.92 Å². The Labute approximate surface area is 83.9 Å². The number of esters is 1. The Balaban J connectivity index is 2.73. The molecule has 76 valence electrons. The summed E-state index contributed by atoms with van der Waals surface area (Å²) in [4.78, 5) is 10.6. The highest BCUT2D eigenvalue weighted by atomic mass is 16.5. The highest BCUT2D eigenvalue weighted by molar-refractivity contribution is 5.69. The molecule has 0 bridgehead atoms. The molecule has 0 saturated heterocycles. The fourth-order valence-corrected chi connectivity index (χ4v) is 1.17. The zero-order valence-electron chi connectivity index (χ0n) is 8.49. The normalized spacial score (nSPS) is 12.2. The fraction of sp³-hybridized carbons (Fsp3) is 0.364. The van der Waals surface area contributed by atoms with Crippen LogP contribution >= 0.6 is 0 Å². The largest absolute Gasteiger partial charge is 0.427 e. The van der Waals surface area contributed by atoms with Gasteiger partial charge in [0.05, 0.1) is 0 Å². The molecule has 0 aliphatic carbocycles. The third-order valence-corrected chi connectivity index (χ3v) is 2.06. The molecular formula is C11H15NO2. The average Bonchev–Trinajstić information content (AvgIpc) is 2.17. The molecule has 0 saturated carbocycles. The van der Waals surface area contributed by atoms with Crippen LogP contribution in [0, 0.1) is 0 Å². The van der Waals surface area contributed by atoms with Gasteiger partial charge in [-0.2, -0.15) is 0 Å². The lowest BCUT2D eigenvalue weighted by molar-refractivity contribution is -0.131. The van der Waals surface area contributed by atoms with Gasteiger partial charge in [0.2, 0.25) is 0 Å². The van der Waals surface area contributed by atoms with E-state index >= 15 is 0 Å². The number of hydrogen-bond donors (Lipinski definition) is 1. The van der Waals surface area contributed by atoms with Crippen LogP contribution in [-0.2, 0) is 4.79 Å². The number of nitrogens with two attached hydrogens (primary N) is 1. The minimum atomic E-state index is -0.301. The summed E-state index contributed by atoms with van der Waals surface area (Å²) < 4.78 is 4.91. The minimum Gasteiger partial charge on any atom is -0.427 e. The molecular weight excluding hydrogens is 178 g/mol. The fourth-order valence-electron chi connectivity index (χ4n) is 1.17. The zero-order valence-corrected chi connectivity index (χ0v) is 8.49. The maximum absolute atomic E-state index is 10.6. The third kappa shape index (κ3) is 2.85. The van der Waals surface area contributed by atoms with Crippen LogP contribution < -0.4 is 10.5 Å². The van der Waals surface area contributed by atoms with Gasteiger partial charge in [0.25, 0.3) is 0 Å². The van der Waals surface area contributed by atoms with Crippen LogP contribution in [0.5, 0.6) is 5.75 Å². The molecule has 0 aliphatic rings.